The molecule has 0 saturated heterocycles. The predicted octanol–water partition coefficient (Wildman–Crippen LogP) is 5.24. The average Bonchev–Trinajstić information content (AvgIpc) is 3.00. The molecular formula is C19H21ClFNO. The van der Waals surface area contributed by atoms with Gasteiger partial charge in [0.15, 0.2) is 4.87 Å². The lowest BCUT2D eigenvalue weighted by molar-refractivity contribution is 0.301. The van der Waals surface area contributed by atoms with Gasteiger partial charge >= 0.3 is 0 Å². The van der Waals surface area contributed by atoms with Gasteiger partial charge in [0.2, 0.25) is 5.90 Å². The van der Waals surface area contributed by atoms with Crippen molar-refractivity contribution in [2.24, 2.45) is 4.99 Å². The zero-order valence-electron chi connectivity index (χ0n) is 13.6. The number of aliphatic imine (C=N–C) groups is 1. The molecule has 1 aliphatic carbocycles. The van der Waals surface area contributed by atoms with Gasteiger partial charge < -0.3 is 4.74 Å². The van der Waals surface area contributed by atoms with Gasteiger partial charge in [0, 0.05) is 6.42 Å². The molecule has 0 aromatic heterocycles. The fourth-order valence-electron chi connectivity index (χ4n) is 2.77. The number of hydrogen-bond acceptors (Lipinski definition) is 2. The monoisotopic (exact) mass is 333 g/mol. The highest BCUT2D eigenvalue weighted by Crippen LogP contribution is 2.39. The second kappa shape index (κ2) is 5.79. The van der Waals surface area contributed by atoms with E-state index in [1.807, 2.05) is 6.08 Å². The van der Waals surface area contributed by atoms with Crippen molar-refractivity contribution in [3.63, 3.8) is 0 Å². The fraction of sp³-hybridized carbons (Fsp3) is 0.421. The van der Waals surface area contributed by atoms with Crippen LogP contribution in [-0.2, 0) is 10.2 Å². The summed E-state index contributed by atoms with van der Waals surface area (Å²) < 4.78 is 19.7. The minimum absolute atomic E-state index is 0.113. The van der Waals surface area contributed by atoms with Crippen LogP contribution in [-0.4, -0.2) is 17.4 Å². The Bertz CT molecular complexity index is 684. The first kappa shape index (κ1) is 16.3. The number of rotatable bonds is 2. The number of allylic oxidation sites excluding steroid dienone is 3. The Morgan fingerprint density at radius 2 is 1.96 bits per heavy atom. The molecule has 2 unspecified atom stereocenters. The van der Waals surface area contributed by atoms with Gasteiger partial charge in [0.05, 0.1) is 0 Å². The maximum absolute atomic E-state index is 14.1. The highest BCUT2D eigenvalue weighted by atomic mass is 35.5. The molecule has 2 nitrogen and oxygen atoms in total. The molecular weight excluding hydrogens is 313 g/mol. The van der Waals surface area contributed by atoms with E-state index in [4.69, 9.17) is 16.3 Å². The number of halogens is 2. The Hall–Kier alpha value is -1.61. The molecule has 2 aliphatic rings. The van der Waals surface area contributed by atoms with Gasteiger partial charge in [-0.3, -0.25) is 0 Å². The Balaban J connectivity index is 1.83. The second-order valence-corrected chi connectivity index (χ2v) is 7.73. The summed E-state index contributed by atoms with van der Waals surface area (Å²) in [6.45, 7) is 6.94. The first-order valence-electron chi connectivity index (χ1n) is 7.84. The quantitative estimate of drug-likeness (QED) is 0.678. The average molecular weight is 334 g/mol. The molecule has 1 aromatic rings. The lowest BCUT2D eigenvalue weighted by Crippen LogP contribution is -2.34. The minimum atomic E-state index is -1.28. The molecule has 2 atom stereocenters. The van der Waals surface area contributed by atoms with Gasteiger partial charge in [-0.1, -0.05) is 57.2 Å². The SMILES string of the molecule is CC(C)(C)c1ccc(C2COC(C3(Cl)CC=CC=C3F)=N2)cc1. The van der Waals surface area contributed by atoms with Crippen molar-refractivity contribution in [2.75, 3.05) is 6.61 Å². The molecule has 122 valence electrons. The summed E-state index contributed by atoms with van der Waals surface area (Å²) in [6, 6.07) is 8.23. The first-order valence-corrected chi connectivity index (χ1v) is 8.22. The molecule has 0 bridgehead atoms. The molecule has 0 saturated carbocycles. The number of ether oxygens (including phenoxy) is 1. The number of hydrogen-bond donors (Lipinski definition) is 0. The standard InChI is InChI=1S/C19H21ClFNO/c1-18(2,3)14-9-7-13(8-10-14)15-12-23-17(22-15)19(20)11-5-4-6-16(19)21/h4-10,15H,11-12H2,1-3H3. The highest BCUT2D eigenvalue weighted by Gasteiger charge is 2.43. The number of alkyl halides is 1. The molecule has 0 amide bonds. The zero-order chi connectivity index (χ0) is 16.7. The van der Waals surface area contributed by atoms with Crippen molar-refractivity contribution < 1.29 is 9.13 Å². The molecule has 23 heavy (non-hydrogen) atoms. The van der Waals surface area contributed by atoms with Crippen molar-refractivity contribution in [1.29, 1.82) is 0 Å². The Morgan fingerprint density at radius 3 is 2.57 bits per heavy atom. The third kappa shape index (κ3) is 3.07. The topological polar surface area (TPSA) is 21.6 Å². The van der Waals surface area contributed by atoms with E-state index in [1.165, 1.54) is 11.6 Å². The van der Waals surface area contributed by atoms with E-state index in [1.54, 1.807) is 6.08 Å². The maximum Gasteiger partial charge on any atom is 0.213 e. The van der Waals surface area contributed by atoms with Crippen LogP contribution in [0.25, 0.3) is 0 Å². The lowest BCUT2D eigenvalue weighted by Gasteiger charge is -2.24. The van der Waals surface area contributed by atoms with Gasteiger partial charge in [-0.2, -0.15) is 0 Å². The Morgan fingerprint density at radius 1 is 1.26 bits per heavy atom. The van der Waals surface area contributed by atoms with Crippen molar-refractivity contribution >= 4 is 17.5 Å². The molecule has 1 aliphatic heterocycles. The molecule has 0 radical (unpaired) electrons. The van der Waals surface area contributed by atoms with Crippen LogP contribution in [0.5, 0.6) is 0 Å². The molecule has 0 N–H and O–H groups in total. The maximum atomic E-state index is 14.1. The van der Waals surface area contributed by atoms with E-state index in [0.29, 0.717) is 13.0 Å². The van der Waals surface area contributed by atoms with E-state index in [0.717, 1.165) is 5.56 Å². The van der Waals surface area contributed by atoms with Crippen LogP contribution in [0.4, 0.5) is 4.39 Å². The van der Waals surface area contributed by atoms with E-state index in [2.05, 4.69) is 50.0 Å². The molecule has 1 aromatic carbocycles. The molecule has 1 heterocycles. The summed E-state index contributed by atoms with van der Waals surface area (Å²) >= 11 is 6.42. The summed E-state index contributed by atoms with van der Waals surface area (Å²) in [7, 11) is 0. The molecule has 4 heteroatoms. The van der Waals surface area contributed by atoms with Crippen LogP contribution in [0.15, 0.2) is 53.3 Å². The smallest absolute Gasteiger partial charge is 0.213 e. The second-order valence-electron chi connectivity index (χ2n) is 7.08. The summed E-state index contributed by atoms with van der Waals surface area (Å²) in [5, 5.41) is 0. The molecule has 0 spiro atoms. The van der Waals surface area contributed by atoms with Crippen LogP contribution >= 0.6 is 11.6 Å². The van der Waals surface area contributed by atoms with Crippen molar-refractivity contribution in [2.45, 2.75) is 43.5 Å². The summed E-state index contributed by atoms with van der Waals surface area (Å²) in [5.74, 6) is -0.133. The third-order valence-electron chi connectivity index (χ3n) is 4.31. The van der Waals surface area contributed by atoms with Crippen molar-refractivity contribution in [3.8, 4) is 0 Å². The Kier molecular flexibility index (Phi) is 4.09. The van der Waals surface area contributed by atoms with Gasteiger partial charge in [-0.25, -0.2) is 9.38 Å². The first-order chi connectivity index (χ1) is 10.8. The van der Waals surface area contributed by atoms with Crippen LogP contribution in [0.2, 0.25) is 0 Å². The predicted molar refractivity (Wildman–Crippen MR) is 92.8 cm³/mol. The van der Waals surface area contributed by atoms with Crippen LogP contribution in [0.3, 0.4) is 0 Å². The highest BCUT2D eigenvalue weighted by molar-refractivity contribution is 6.37. The summed E-state index contributed by atoms with van der Waals surface area (Å²) in [4.78, 5) is 3.26. The van der Waals surface area contributed by atoms with Gasteiger partial charge in [-0.15, -0.1) is 11.6 Å². The van der Waals surface area contributed by atoms with E-state index >= 15 is 0 Å². The summed E-state index contributed by atoms with van der Waals surface area (Å²) in [5.41, 5.74) is 2.44. The van der Waals surface area contributed by atoms with Crippen molar-refractivity contribution in [3.05, 3.63) is 59.4 Å². The normalized spacial score (nSPS) is 27.4. The zero-order valence-corrected chi connectivity index (χ0v) is 14.4. The van der Waals surface area contributed by atoms with E-state index < -0.39 is 10.7 Å². The van der Waals surface area contributed by atoms with Crippen LogP contribution in [0.1, 0.15) is 44.4 Å². The van der Waals surface area contributed by atoms with Gasteiger partial charge in [0.1, 0.15) is 18.5 Å². The minimum Gasteiger partial charge on any atom is -0.477 e. The van der Waals surface area contributed by atoms with Crippen molar-refractivity contribution in [1.82, 2.24) is 0 Å². The van der Waals surface area contributed by atoms with E-state index in [-0.39, 0.29) is 17.4 Å². The molecule has 0 fully saturated rings. The number of nitrogens with zero attached hydrogens (tertiary/aromatic N) is 1. The fourth-order valence-corrected chi connectivity index (χ4v) is 3.02. The number of benzene rings is 1. The third-order valence-corrected chi connectivity index (χ3v) is 4.80. The summed E-state index contributed by atoms with van der Waals surface area (Å²) in [6.07, 6.45) is 5.21. The lowest BCUT2D eigenvalue weighted by atomic mass is 9.86. The van der Waals surface area contributed by atoms with Crippen LogP contribution in [0, 0.1) is 0 Å². The van der Waals surface area contributed by atoms with Gasteiger partial charge in [-0.05, 0) is 22.6 Å². The van der Waals surface area contributed by atoms with Crippen LogP contribution < -0.4 is 0 Å². The molecule has 3 rings (SSSR count). The Labute approximate surface area is 141 Å². The van der Waals surface area contributed by atoms with E-state index in [9.17, 15) is 4.39 Å². The largest absolute Gasteiger partial charge is 0.477 e. The van der Waals surface area contributed by atoms with Gasteiger partial charge in [0.25, 0.3) is 0 Å².